The van der Waals surface area contributed by atoms with E-state index in [2.05, 4.69) is 0 Å². The van der Waals surface area contributed by atoms with Crippen LogP contribution in [0.4, 0.5) is 0 Å². The van der Waals surface area contributed by atoms with Crippen molar-refractivity contribution in [1.29, 1.82) is 0 Å². The van der Waals surface area contributed by atoms with Gasteiger partial charge in [0.05, 0.1) is 10.5 Å². The molecule has 2 aromatic rings. The number of hydrogen-bond acceptors (Lipinski definition) is 7. The lowest BCUT2D eigenvalue weighted by molar-refractivity contribution is 0.0440. The van der Waals surface area contributed by atoms with Crippen LogP contribution in [0.5, 0.6) is 0 Å². The molecule has 1 saturated carbocycles. The molecular weight excluding hydrogens is 456 g/mol. The molecule has 1 aromatic heterocycles. The lowest BCUT2D eigenvalue weighted by Gasteiger charge is -2.30. The zero-order valence-corrected chi connectivity index (χ0v) is 20.0. The quantitative estimate of drug-likeness (QED) is 0.529. The number of esters is 1. The van der Waals surface area contributed by atoms with Gasteiger partial charge in [0.25, 0.3) is 10.0 Å². The minimum absolute atomic E-state index is 0.00658. The Morgan fingerprint density at radius 1 is 0.938 bits per heavy atom. The highest BCUT2D eigenvalue weighted by Gasteiger charge is 2.29. The number of ether oxygens (including phenoxy) is 1. The van der Waals surface area contributed by atoms with Crippen molar-refractivity contribution in [2.24, 2.45) is 0 Å². The minimum Gasteiger partial charge on any atom is -0.454 e. The summed E-state index contributed by atoms with van der Waals surface area (Å²) in [7, 11) is -3.00. The van der Waals surface area contributed by atoms with Crippen LogP contribution in [0.15, 0.2) is 50.8 Å². The van der Waals surface area contributed by atoms with Gasteiger partial charge in [-0.25, -0.2) is 25.9 Å². The Balaban J connectivity index is 1.63. The minimum atomic E-state index is -3.72. The number of furan rings is 1. The van der Waals surface area contributed by atoms with Gasteiger partial charge in [0.15, 0.2) is 0 Å². The highest BCUT2D eigenvalue weighted by atomic mass is 32.2. The average Bonchev–Trinajstić information content (AvgIpc) is 3.27. The van der Waals surface area contributed by atoms with Gasteiger partial charge in [-0.3, -0.25) is 0 Å². The lowest BCUT2D eigenvalue weighted by atomic mass is 9.96. The fourth-order valence-corrected chi connectivity index (χ4v) is 5.77. The van der Waals surface area contributed by atoms with E-state index in [0.29, 0.717) is 0 Å². The first-order chi connectivity index (χ1) is 15.0. The number of benzene rings is 1. The summed E-state index contributed by atoms with van der Waals surface area (Å²) >= 11 is 0. The monoisotopic (exact) mass is 484 g/mol. The van der Waals surface area contributed by atoms with E-state index < -0.39 is 26.0 Å². The molecule has 0 radical (unpaired) electrons. The average molecular weight is 485 g/mol. The zero-order valence-electron chi connectivity index (χ0n) is 18.4. The van der Waals surface area contributed by atoms with E-state index in [1.165, 1.54) is 54.8 Å². The Labute approximate surface area is 189 Å². The van der Waals surface area contributed by atoms with Gasteiger partial charge in [-0.2, -0.15) is 4.31 Å². The van der Waals surface area contributed by atoms with Gasteiger partial charge < -0.3 is 9.15 Å². The summed E-state index contributed by atoms with van der Waals surface area (Å²) in [5.74, 6) is -0.505. The lowest BCUT2D eigenvalue weighted by Crippen LogP contribution is -2.38. The third-order valence-electron chi connectivity index (χ3n) is 5.57. The summed E-state index contributed by atoms with van der Waals surface area (Å²) in [5.41, 5.74) is 0.178. The van der Waals surface area contributed by atoms with E-state index in [-0.39, 0.29) is 34.0 Å². The van der Waals surface area contributed by atoms with Gasteiger partial charge in [-0.1, -0.05) is 19.3 Å². The first-order valence-electron chi connectivity index (χ1n) is 10.3. The molecule has 1 fully saturated rings. The molecule has 1 aliphatic carbocycles. The fourth-order valence-electron chi connectivity index (χ4n) is 3.54. The first-order valence-corrected chi connectivity index (χ1v) is 13.2. The number of sulfonamides is 2. The van der Waals surface area contributed by atoms with Crippen molar-refractivity contribution in [1.82, 2.24) is 8.61 Å². The van der Waals surface area contributed by atoms with Crippen LogP contribution in [0.1, 0.15) is 48.2 Å². The zero-order chi connectivity index (χ0) is 23.5. The molecule has 1 aliphatic rings. The molecule has 0 atom stereocenters. The molecule has 11 heteroatoms. The summed E-state index contributed by atoms with van der Waals surface area (Å²) in [4.78, 5) is 12.4. The van der Waals surface area contributed by atoms with Gasteiger partial charge in [0, 0.05) is 27.2 Å². The van der Waals surface area contributed by atoms with Crippen molar-refractivity contribution < 1.29 is 30.8 Å². The van der Waals surface area contributed by atoms with Crippen LogP contribution in [0.3, 0.4) is 0 Å². The SMILES string of the molecule is CN(C)S(=O)(=O)c1ccc(COC(=O)c2ccc(S(=O)(=O)N(C)C3CCCCC3)cc2)o1. The van der Waals surface area contributed by atoms with Crippen LogP contribution in [-0.2, 0) is 31.4 Å². The van der Waals surface area contributed by atoms with Crippen molar-refractivity contribution in [2.75, 3.05) is 21.1 Å². The summed E-state index contributed by atoms with van der Waals surface area (Å²) in [6.07, 6.45) is 4.88. The molecule has 0 bridgehead atoms. The van der Waals surface area contributed by atoms with Crippen LogP contribution < -0.4 is 0 Å². The van der Waals surface area contributed by atoms with Crippen molar-refractivity contribution in [3.05, 3.63) is 47.7 Å². The largest absolute Gasteiger partial charge is 0.454 e. The Bertz CT molecular complexity index is 1150. The van der Waals surface area contributed by atoms with Crippen LogP contribution in [0, 0.1) is 0 Å². The maximum atomic E-state index is 12.9. The molecule has 0 N–H and O–H groups in total. The van der Waals surface area contributed by atoms with E-state index in [9.17, 15) is 21.6 Å². The second-order valence-corrected chi connectivity index (χ2v) is 12.0. The molecule has 0 aliphatic heterocycles. The van der Waals surface area contributed by atoms with E-state index >= 15 is 0 Å². The Morgan fingerprint density at radius 3 is 2.16 bits per heavy atom. The Hall–Kier alpha value is -2.21. The molecule has 0 unspecified atom stereocenters. The maximum Gasteiger partial charge on any atom is 0.338 e. The van der Waals surface area contributed by atoms with E-state index in [0.717, 1.165) is 36.4 Å². The van der Waals surface area contributed by atoms with E-state index in [1.807, 2.05) is 0 Å². The first kappa shape index (κ1) is 24.4. The second kappa shape index (κ2) is 9.74. The summed E-state index contributed by atoms with van der Waals surface area (Å²) in [6.45, 7) is -0.258. The van der Waals surface area contributed by atoms with E-state index in [1.54, 1.807) is 7.05 Å². The second-order valence-electron chi connectivity index (χ2n) is 7.92. The van der Waals surface area contributed by atoms with Gasteiger partial charge in [0.1, 0.15) is 12.4 Å². The third kappa shape index (κ3) is 5.22. The molecule has 9 nitrogen and oxygen atoms in total. The number of hydrogen-bond donors (Lipinski definition) is 0. The summed E-state index contributed by atoms with van der Waals surface area (Å²) < 4.78 is 62.7. The Morgan fingerprint density at radius 2 is 1.56 bits per heavy atom. The van der Waals surface area contributed by atoms with Gasteiger partial charge >= 0.3 is 5.97 Å². The molecule has 1 aromatic carbocycles. The van der Waals surface area contributed by atoms with Gasteiger partial charge in [0.2, 0.25) is 15.1 Å². The highest BCUT2D eigenvalue weighted by molar-refractivity contribution is 7.89. The van der Waals surface area contributed by atoms with Crippen molar-refractivity contribution in [3.63, 3.8) is 0 Å². The normalized spacial score (nSPS) is 15.9. The molecule has 1 heterocycles. The fraction of sp³-hybridized carbons (Fsp3) is 0.476. The van der Waals surface area contributed by atoms with Crippen molar-refractivity contribution in [2.45, 2.75) is 54.7 Å². The molecular formula is C21H28N2O7S2. The number of nitrogens with zero attached hydrogens (tertiary/aromatic N) is 2. The molecule has 0 saturated heterocycles. The van der Waals surface area contributed by atoms with Crippen LogP contribution in [0.2, 0.25) is 0 Å². The highest BCUT2D eigenvalue weighted by Crippen LogP contribution is 2.26. The predicted molar refractivity (Wildman–Crippen MR) is 117 cm³/mol. The molecule has 176 valence electrons. The molecule has 0 amide bonds. The van der Waals surface area contributed by atoms with Gasteiger partial charge in [-0.15, -0.1) is 0 Å². The summed E-state index contributed by atoms with van der Waals surface area (Å²) in [5, 5.41) is -0.245. The standard InChI is InChI=1S/C21H28N2O7S2/c1-22(2)32(27,28)20-14-11-18(30-20)15-29-21(24)16-9-12-19(13-10-16)31(25,26)23(3)17-7-5-4-6-8-17/h9-14,17H,4-8,15H2,1-3H3. The molecule has 3 rings (SSSR count). The number of rotatable bonds is 8. The van der Waals surface area contributed by atoms with Crippen molar-refractivity contribution >= 4 is 26.0 Å². The maximum absolute atomic E-state index is 12.9. The molecule has 0 spiro atoms. The topological polar surface area (TPSA) is 114 Å². The van der Waals surface area contributed by atoms with Crippen LogP contribution in [-0.4, -0.2) is 58.6 Å². The summed E-state index contributed by atoms with van der Waals surface area (Å²) in [6, 6.07) is 8.27. The van der Waals surface area contributed by atoms with Crippen LogP contribution >= 0.6 is 0 Å². The third-order valence-corrected chi connectivity index (χ3v) is 9.19. The smallest absolute Gasteiger partial charge is 0.338 e. The van der Waals surface area contributed by atoms with Crippen LogP contribution in [0.25, 0.3) is 0 Å². The molecule has 32 heavy (non-hydrogen) atoms. The predicted octanol–water partition coefficient (Wildman–Crippen LogP) is 2.84. The van der Waals surface area contributed by atoms with E-state index in [4.69, 9.17) is 9.15 Å². The van der Waals surface area contributed by atoms with Gasteiger partial charge in [-0.05, 0) is 49.2 Å². The number of carbonyl (C=O) groups excluding carboxylic acids is 1. The number of carbonyl (C=O) groups is 1. The van der Waals surface area contributed by atoms with Crippen molar-refractivity contribution in [3.8, 4) is 0 Å². The Kier molecular flexibility index (Phi) is 7.43.